The summed E-state index contributed by atoms with van der Waals surface area (Å²) in [5.41, 5.74) is 5.22. The molecule has 1 amide bonds. The Bertz CT molecular complexity index is 2100. The number of amides is 1. The van der Waals surface area contributed by atoms with Gasteiger partial charge >= 0.3 is 0 Å². The minimum Gasteiger partial charge on any atom is -0.378 e. The Hall–Kier alpha value is -5.68. The average molecular weight is 616 g/mol. The maximum atomic E-state index is 15.6. The summed E-state index contributed by atoms with van der Waals surface area (Å²) in [6.07, 6.45) is 3.40. The van der Waals surface area contributed by atoms with Gasteiger partial charge in [-0.3, -0.25) is 19.3 Å². The van der Waals surface area contributed by atoms with Crippen LogP contribution in [0.3, 0.4) is 0 Å². The molecule has 0 atom stereocenters. The molecule has 6 aromatic rings. The molecule has 7 rings (SSSR count). The quantitative estimate of drug-likeness (QED) is 0.249. The standard InChI is InChI=1S/C35H30FN7O3/c1-42-34(45)28(21-38-35(42)39-27-5-3-2-4-6-27)24-11-12-25(29(36)20-24)19-26-13-14-37-32-30(26)31(40-41-32)22-7-9-23(10-8-22)33(44)43-15-17-46-18-16-43/h2-14,20-21H,15-19H2,1H3,(H,38,39)(H,37,40,41). The van der Waals surface area contributed by atoms with E-state index in [0.717, 1.165) is 27.9 Å². The first-order valence-electron chi connectivity index (χ1n) is 14.9. The van der Waals surface area contributed by atoms with Crippen LogP contribution in [0.25, 0.3) is 33.4 Å². The Morgan fingerprint density at radius 1 is 0.957 bits per heavy atom. The van der Waals surface area contributed by atoms with E-state index in [9.17, 15) is 9.59 Å². The minimum absolute atomic E-state index is 0.0287. The number of fused-ring (bicyclic) bond motifs is 1. The Morgan fingerprint density at radius 3 is 2.48 bits per heavy atom. The first kappa shape index (κ1) is 29.1. The van der Waals surface area contributed by atoms with E-state index in [1.54, 1.807) is 42.4 Å². The minimum atomic E-state index is -0.438. The van der Waals surface area contributed by atoms with Crippen LogP contribution in [0, 0.1) is 5.82 Å². The second-order valence-electron chi connectivity index (χ2n) is 11.1. The largest absolute Gasteiger partial charge is 0.378 e. The summed E-state index contributed by atoms with van der Waals surface area (Å²) in [7, 11) is 1.63. The summed E-state index contributed by atoms with van der Waals surface area (Å²) in [5, 5.41) is 11.4. The molecule has 11 heteroatoms. The zero-order chi connectivity index (χ0) is 31.6. The third kappa shape index (κ3) is 5.64. The molecule has 0 bridgehead atoms. The zero-order valence-electron chi connectivity index (χ0n) is 25.0. The predicted octanol–water partition coefficient (Wildman–Crippen LogP) is 5.33. The van der Waals surface area contributed by atoms with Crippen molar-refractivity contribution in [3.05, 3.63) is 124 Å². The van der Waals surface area contributed by atoms with Gasteiger partial charge in [-0.2, -0.15) is 5.10 Å². The normalized spacial score (nSPS) is 13.2. The van der Waals surface area contributed by atoms with Gasteiger partial charge in [0.1, 0.15) is 5.82 Å². The van der Waals surface area contributed by atoms with E-state index in [1.165, 1.54) is 16.8 Å². The maximum Gasteiger partial charge on any atom is 0.262 e. The average Bonchev–Trinajstić information content (AvgIpc) is 3.54. The Morgan fingerprint density at radius 2 is 1.72 bits per heavy atom. The number of pyridine rings is 1. The number of benzene rings is 3. The maximum absolute atomic E-state index is 15.6. The number of morpholine rings is 1. The molecule has 2 N–H and O–H groups in total. The number of hydrogen-bond acceptors (Lipinski definition) is 7. The summed E-state index contributed by atoms with van der Waals surface area (Å²) in [5.74, 6) is -0.0842. The number of rotatable bonds is 7. The summed E-state index contributed by atoms with van der Waals surface area (Å²) in [4.78, 5) is 36.7. The Kier molecular flexibility index (Phi) is 7.81. The Labute approximate surface area is 263 Å². The van der Waals surface area contributed by atoms with Crippen LogP contribution in [0.1, 0.15) is 21.5 Å². The molecule has 4 heterocycles. The number of H-pyrrole nitrogens is 1. The number of carbonyl (C=O) groups excluding carboxylic acids is 1. The van der Waals surface area contributed by atoms with Gasteiger partial charge in [0.2, 0.25) is 5.95 Å². The van der Waals surface area contributed by atoms with Crippen molar-refractivity contribution in [2.45, 2.75) is 6.42 Å². The number of halogens is 1. The van der Waals surface area contributed by atoms with Crippen molar-refractivity contribution in [3.8, 4) is 22.4 Å². The third-order valence-corrected chi connectivity index (χ3v) is 8.20. The molecule has 10 nitrogen and oxygen atoms in total. The highest BCUT2D eigenvalue weighted by molar-refractivity contribution is 5.97. The molecule has 0 radical (unpaired) electrons. The van der Waals surface area contributed by atoms with Crippen LogP contribution in [0.2, 0.25) is 0 Å². The Balaban J connectivity index is 1.14. The van der Waals surface area contributed by atoms with E-state index >= 15 is 4.39 Å². The first-order chi connectivity index (χ1) is 22.5. The van der Waals surface area contributed by atoms with E-state index in [4.69, 9.17) is 4.74 Å². The van der Waals surface area contributed by atoms with Crippen LogP contribution < -0.4 is 10.9 Å². The van der Waals surface area contributed by atoms with E-state index in [1.807, 2.05) is 48.5 Å². The number of hydrogen-bond donors (Lipinski definition) is 2. The fraction of sp³-hybridized carbons (Fsp3) is 0.171. The van der Waals surface area contributed by atoms with Crippen molar-refractivity contribution in [1.82, 2.24) is 29.6 Å². The van der Waals surface area contributed by atoms with Crippen molar-refractivity contribution in [1.29, 1.82) is 0 Å². The molecule has 0 spiro atoms. The zero-order valence-corrected chi connectivity index (χ0v) is 25.0. The first-order valence-corrected chi connectivity index (χ1v) is 14.9. The highest BCUT2D eigenvalue weighted by Crippen LogP contribution is 2.31. The van der Waals surface area contributed by atoms with E-state index < -0.39 is 5.82 Å². The van der Waals surface area contributed by atoms with E-state index in [2.05, 4.69) is 25.5 Å². The van der Waals surface area contributed by atoms with Gasteiger partial charge in [0.25, 0.3) is 11.5 Å². The van der Waals surface area contributed by atoms with Crippen molar-refractivity contribution in [2.75, 3.05) is 31.6 Å². The lowest BCUT2D eigenvalue weighted by Gasteiger charge is -2.26. The smallest absolute Gasteiger partial charge is 0.262 e. The molecule has 1 aliphatic heterocycles. The predicted molar refractivity (Wildman–Crippen MR) is 173 cm³/mol. The number of aromatic nitrogens is 5. The monoisotopic (exact) mass is 615 g/mol. The topological polar surface area (TPSA) is 118 Å². The fourth-order valence-electron chi connectivity index (χ4n) is 5.67. The molecule has 0 saturated carbocycles. The summed E-state index contributed by atoms with van der Waals surface area (Å²) in [6.45, 7) is 2.23. The molecular formula is C35H30FN7O3. The molecule has 1 saturated heterocycles. The van der Waals surface area contributed by atoms with Gasteiger partial charge in [-0.25, -0.2) is 14.4 Å². The number of nitrogens with zero attached hydrogens (tertiary/aromatic N) is 5. The van der Waals surface area contributed by atoms with E-state index in [-0.39, 0.29) is 17.9 Å². The number of para-hydroxylation sites is 1. The van der Waals surface area contributed by atoms with Crippen molar-refractivity contribution in [3.63, 3.8) is 0 Å². The molecule has 0 unspecified atom stereocenters. The lowest BCUT2D eigenvalue weighted by atomic mass is 9.97. The molecule has 3 aromatic carbocycles. The van der Waals surface area contributed by atoms with Gasteiger partial charge in [-0.15, -0.1) is 0 Å². The molecule has 46 heavy (non-hydrogen) atoms. The van der Waals surface area contributed by atoms with Crippen LogP contribution >= 0.6 is 0 Å². The highest BCUT2D eigenvalue weighted by atomic mass is 19.1. The lowest BCUT2D eigenvalue weighted by molar-refractivity contribution is 0.0303. The third-order valence-electron chi connectivity index (χ3n) is 8.20. The molecule has 1 fully saturated rings. The van der Waals surface area contributed by atoms with Gasteiger partial charge < -0.3 is 15.0 Å². The lowest BCUT2D eigenvalue weighted by Crippen LogP contribution is -2.40. The van der Waals surface area contributed by atoms with E-state index in [0.29, 0.717) is 60.2 Å². The van der Waals surface area contributed by atoms with Gasteiger partial charge in [0.15, 0.2) is 5.65 Å². The molecular weight excluding hydrogens is 585 g/mol. The van der Waals surface area contributed by atoms with Crippen LogP contribution in [0.5, 0.6) is 0 Å². The second-order valence-corrected chi connectivity index (χ2v) is 11.1. The SMILES string of the molecule is Cn1c(Nc2ccccc2)ncc(-c2ccc(Cc3ccnc4n[nH]c(-c5ccc(C(=O)N6CCOCC6)cc5)c34)c(F)c2)c1=O. The van der Waals surface area contributed by atoms with Crippen LogP contribution in [0.15, 0.2) is 96.1 Å². The molecule has 3 aromatic heterocycles. The molecule has 230 valence electrons. The highest BCUT2D eigenvalue weighted by Gasteiger charge is 2.20. The summed E-state index contributed by atoms with van der Waals surface area (Å²) < 4.78 is 22.4. The van der Waals surface area contributed by atoms with Crippen molar-refractivity contribution in [2.24, 2.45) is 7.05 Å². The van der Waals surface area contributed by atoms with Gasteiger partial charge in [-0.1, -0.05) is 42.5 Å². The van der Waals surface area contributed by atoms with Gasteiger partial charge in [-0.05, 0) is 53.1 Å². The fourth-order valence-corrected chi connectivity index (χ4v) is 5.67. The second kappa shape index (κ2) is 12.4. The summed E-state index contributed by atoms with van der Waals surface area (Å²) >= 11 is 0. The number of aromatic amines is 1. The van der Waals surface area contributed by atoms with Crippen LogP contribution in [0.4, 0.5) is 16.0 Å². The van der Waals surface area contributed by atoms with Gasteiger partial charge in [0, 0.05) is 55.8 Å². The summed E-state index contributed by atoms with van der Waals surface area (Å²) in [6, 6.07) is 23.4. The van der Waals surface area contributed by atoms with Crippen LogP contribution in [-0.4, -0.2) is 61.8 Å². The molecule has 1 aliphatic rings. The number of anilines is 2. The molecule has 0 aliphatic carbocycles. The van der Waals surface area contributed by atoms with Crippen molar-refractivity contribution >= 4 is 28.6 Å². The van der Waals surface area contributed by atoms with Crippen LogP contribution in [-0.2, 0) is 18.2 Å². The van der Waals surface area contributed by atoms with Gasteiger partial charge in [0.05, 0.1) is 29.9 Å². The number of ether oxygens (including phenoxy) is 1. The van der Waals surface area contributed by atoms with Crippen molar-refractivity contribution < 1.29 is 13.9 Å². The number of carbonyl (C=O) groups is 1. The number of nitrogens with one attached hydrogen (secondary N) is 2.